The Morgan fingerprint density at radius 2 is 0.700 bits per heavy atom. The van der Waals surface area contributed by atoms with Gasteiger partial charge in [0, 0.05) is 7.14 Å². The van der Waals surface area contributed by atoms with Crippen LogP contribution in [0.15, 0.2) is 34.5 Å². The van der Waals surface area contributed by atoms with Crippen LogP contribution in [0.1, 0.15) is 153 Å². The molecule has 0 bridgehead atoms. The summed E-state index contributed by atoms with van der Waals surface area (Å²) in [5.74, 6) is 0. The highest BCUT2D eigenvalue weighted by Crippen LogP contribution is 2.33. The van der Waals surface area contributed by atoms with Crippen molar-refractivity contribution in [2.24, 2.45) is 10.2 Å². The van der Waals surface area contributed by atoms with Gasteiger partial charge in [0.15, 0.2) is 0 Å². The molecule has 0 unspecified atom stereocenters. The van der Waals surface area contributed by atoms with Crippen LogP contribution in [-0.2, 0) is 25.7 Å². The lowest BCUT2D eigenvalue weighted by Crippen LogP contribution is -1.96. The van der Waals surface area contributed by atoms with Gasteiger partial charge < -0.3 is 0 Å². The summed E-state index contributed by atoms with van der Waals surface area (Å²) < 4.78 is 2.69. The Balaban J connectivity index is 2.33. The Labute approximate surface area is 274 Å². The molecule has 0 atom stereocenters. The van der Waals surface area contributed by atoms with Crippen molar-refractivity contribution < 1.29 is 0 Å². The van der Waals surface area contributed by atoms with E-state index in [9.17, 15) is 0 Å². The third-order valence-electron chi connectivity index (χ3n) is 7.96. The van der Waals surface area contributed by atoms with E-state index in [1.165, 1.54) is 145 Å². The third-order valence-corrected chi connectivity index (χ3v) is 9.97. The summed E-state index contributed by atoms with van der Waals surface area (Å²) in [7, 11) is 0. The number of azo groups is 1. The van der Waals surface area contributed by atoms with Gasteiger partial charge in [0.1, 0.15) is 0 Å². The molecule has 0 radical (unpaired) electrons. The molecule has 0 spiro atoms. The van der Waals surface area contributed by atoms with Gasteiger partial charge in [-0.1, -0.05) is 117 Å². The van der Waals surface area contributed by atoms with E-state index in [1.807, 2.05) is 0 Å². The molecule has 2 rings (SSSR count). The molecule has 224 valence electrons. The summed E-state index contributed by atoms with van der Waals surface area (Å²) in [6, 6.07) is 9.54. The van der Waals surface area contributed by atoms with E-state index in [-0.39, 0.29) is 0 Å². The van der Waals surface area contributed by atoms with Crippen molar-refractivity contribution in [2.45, 2.75) is 156 Å². The van der Waals surface area contributed by atoms with Gasteiger partial charge in [0.25, 0.3) is 0 Å². The molecule has 0 amide bonds. The van der Waals surface area contributed by atoms with Crippen LogP contribution in [0, 0.1) is 7.14 Å². The van der Waals surface area contributed by atoms with E-state index in [1.54, 1.807) is 0 Å². The number of hydrogen-bond acceptors (Lipinski definition) is 2. The van der Waals surface area contributed by atoms with E-state index >= 15 is 0 Å². The first-order valence-electron chi connectivity index (χ1n) is 16.6. The first-order chi connectivity index (χ1) is 19.5. The Morgan fingerprint density at radius 1 is 0.400 bits per heavy atom. The molecule has 0 fully saturated rings. The van der Waals surface area contributed by atoms with E-state index in [4.69, 9.17) is 10.2 Å². The minimum absolute atomic E-state index is 1.08. The predicted molar refractivity (Wildman–Crippen MR) is 194 cm³/mol. The fraction of sp³-hybridized carbons (Fsp3) is 0.667. The summed E-state index contributed by atoms with van der Waals surface area (Å²) in [6.45, 7) is 9.15. The standard InChI is InChI=1S/C36H56I2N2/c1-5-9-13-17-21-29-25-31(23-19-15-11-7-3)35(27-33(29)37)39-40-36-28-34(38)30(22-18-14-10-6-2)26-32(36)24-20-16-12-8-4/h25-28H,5-24H2,1-4H3. The maximum Gasteiger partial charge on any atom is 0.0899 e. The van der Waals surface area contributed by atoms with Crippen molar-refractivity contribution >= 4 is 56.6 Å². The number of hydrogen-bond donors (Lipinski definition) is 0. The van der Waals surface area contributed by atoms with Crippen molar-refractivity contribution in [2.75, 3.05) is 0 Å². The maximum absolute atomic E-state index is 4.97. The molecule has 0 aliphatic heterocycles. The Kier molecular flexibility index (Phi) is 19.7. The molecule has 2 aromatic carbocycles. The predicted octanol–water partition coefficient (Wildman–Crippen LogP) is 13.8. The minimum Gasteiger partial charge on any atom is -0.150 e. The molecule has 40 heavy (non-hydrogen) atoms. The van der Waals surface area contributed by atoms with Gasteiger partial charge in [-0.2, -0.15) is 10.2 Å². The van der Waals surface area contributed by atoms with Crippen LogP contribution in [0.3, 0.4) is 0 Å². The van der Waals surface area contributed by atoms with E-state index in [0.29, 0.717) is 0 Å². The van der Waals surface area contributed by atoms with Crippen molar-refractivity contribution in [3.63, 3.8) is 0 Å². The van der Waals surface area contributed by atoms with Gasteiger partial charge in [-0.15, -0.1) is 0 Å². The molecule has 0 saturated heterocycles. The average Bonchev–Trinajstić information content (AvgIpc) is 2.95. The normalized spacial score (nSPS) is 11.7. The molecule has 4 heteroatoms. The first-order valence-corrected chi connectivity index (χ1v) is 18.7. The largest absolute Gasteiger partial charge is 0.150 e. The minimum atomic E-state index is 1.08. The number of halogens is 2. The van der Waals surface area contributed by atoms with E-state index in [0.717, 1.165) is 24.2 Å². The summed E-state index contributed by atoms with van der Waals surface area (Å²) in [5, 5.41) is 9.93. The summed E-state index contributed by atoms with van der Waals surface area (Å²) in [6.07, 6.45) is 25.3. The van der Waals surface area contributed by atoms with Crippen molar-refractivity contribution in [1.29, 1.82) is 0 Å². The lowest BCUT2D eigenvalue weighted by molar-refractivity contribution is 0.660. The van der Waals surface area contributed by atoms with Crippen molar-refractivity contribution in [3.8, 4) is 0 Å². The number of aryl methyl sites for hydroxylation is 4. The molecule has 0 aliphatic carbocycles. The molecular weight excluding hydrogens is 714 g/mol. The second-order valence-electron chi connectivity index (χ2n) is 11.6. The molecule has 0 aromatic heterocycles. The SMILES string of the molecule is CCCCCCc1cc(CCCCCC)c(N=Nc2cc(I)c(CCCCCC)cc2CCCCCC)cc1I. The molecule has 0 heterocycles. The summed E-state index contributed by atoms with van der Waals surface area (Å²) in [5.41, 5.74) is 7.93. The second kappa shape index (κ2) is 22.1. The number of rotatable bonds is 22. The summed E-state index contributed by atoms with van der Waals surface area (Å²) >= 11 is 5.05. The van der Waals surface area contributed by atoms with Gasteiger partial charge in [-0.25, -0.2) is 0 Å². The molecule has 2 nitrogen and oxygen atoms in total. The lowest BCUT2D eigenvalue weighted by Gasteiger charge is -2.13. The molecule has 0 aliphatic rings. The highest BCUT2D eigenvalue weighted by molar-refractivity contribution is 14.1. The van der Waals surface area contributed by atoms with Crippen LogP contribution >= 0.6 is 45.2 Å². The van der Waals surface area contributed by atoms with Crippen LogP contribution in [0.25, 0.3) is 0 Å². The van der Waals surface area contributed by atoms with Gasteiger partial charge in [-0.3, -0.25) is 0 Å². The zero-order valence-electron chi connectivity index (χ0n) is 26.1. The Hall–Kier alpha value is -0.500. The highest BCUT2D eigenvalue weighted by Gasteiger charge is 2.12. The Bertz CT molecular complexity index is 919. The first kappa shape index (κ1) is 35.7. The van der Waals surface area contributed by atoms with Crippen LogP contribution < -0.4 is 0 Å². The molecule has 2 aromatic rings. The molecule has 0 saturated carbocycles. The van der Waals surface area contributed by atoms with Crippen molar-refractivity contribution in [1.82, 2.24) is 0 Å². The van der Waals surface area contributed by atoms with Crippen LogP contribution in [-0.4, -0.2) is 0 Å². The third kappa shape index (κ3) is 13.6. The molecular formula is C36H56I2N2. The number of unbranched alkanes of at least 4 members (excludes halogenated alkanes) is 12. The van der Waals surface area contributed by atoms with Crippen molar-refractivity contribution in [3.05, 3.63) is 53.7 Å². The van der Waals surface area contributed by atoms with Gasteiger partial charge in [0.05, 0.1) is 11.4 Å². The summed E-state index contributed by atoms with van der Waals surface area (Å²) in [4.78, 5) is 0. The van der Waals surface area contributed by atoms with Crippen LogP contribution in [0.5, 0.6) is 0 Å². The second-order valence-corrected chi connectivity index (χ2v) is 13.9. The quantitative estimate of drug-likeness (QED) is 0.0647. The average molecular weight is 771 g/mol. The number of nitrogens with zero attached hydrogens (tertiary/aromatic N) is 2. The highest BCUT2D eigenvalue weighted by atomic mass is 127. The van der Waals surface area contributed by atoms with E-state index in [2.05, 4.69) is 97.1 Å². The smallest absolute Gasteiger partial charge is 0.0899 e. The van der Waals surface area contributed by atoms with Gasteiger partial charge >= 0.3 is 0 Å². The zero-order valence-corrected chi connectivity index (χ0v) is 30.4. The lowest BCUT2D eigenvalue weighted by atomic mass is 9.99. The number of benzene rings is 2. The topological polar surface area (TPSA) is 24.7 Å². The zero-order chi connectivity index (χ0) is 29.0. The fourth-order valence-corrected chi connectivity index (χ4v) is 6.80. The fourth-order valence-electron chi connectivity index (χ4n) is 5.36. The monoisotopic (exact) mass is 770 g/mol. The van der Waals surface area contributed by atoms with Gasteiger partial charge in [0.2, 0.25) is 0 Å². The van der Waals surface area contributed by atoms with Crippen LogP contribution in [0.4, 0.5) is 11.4 Å². The Morgan fingerprint density at radius 3 is 1.00 bits per heavy atom. The van der Waals surface area contributed by atoms with E-state index < -0.39 is 0 Å². The van der Waals surface area contributed by atoms with Crippen LogP contribution in [0.2, 0.25) is 0 Å². The maximum atomic E-state index is 4.97. The van der Waals surface area contributed by atoms with Gasteiger partial charge in [-0.05, 0) is 131 Å². The molecule has 0 N–H and O–H groups in total.